The van der Waals surface area contributed by atoms with Crippen LogP contribution in [0.4, 0.5) is 0 Å². The number of nitrogens with one attached hydrogen (secondary N) is 1. The molecule has 4 heteroatoms. The molecule has 0 aliphatic rings. The van der Waals surface area contributed by atoms with Gasteiger partial charge >= 0.3 is 0 Å². The molecular formula is C10H19N3O. The van der Waals surface area contributed by atoms with Crippen LogP contribution in [0.3, 0.4) is 0 Å². The van der Waals surface area contributed by atoms with Crippen molar-refractivity contribution in [1.82, 2.24) is 15.1 Å². The van der Waals surface area contributed by atoms with E-state index in [1.54, 1.807) is 4.68 Å². The number of nitrogens with zero attached hydrogens (tertiary/aromatic N) is 2. The van der Waals surface area contributed by atoms with Crippen molar-refractivity contribution in [1.29, 1.82) is 0 Å². The molecule has 0 aliphatic heterocycles. The van der Waals surface area contributed by atoms with E-state index in [4.69, 9.17) is 0 Å². The van der Waals surface area contributed by atoms with Crippen LogP contribution in [-0.2, 0) is 7.05 Å². The second-order valence-electron chi connectivity index (χ2n) is 3.91. The summed E-state index contributed by atoms with van der Waals surface area (Å²) in [6.45, 7) is 6.60. The molecule has 1 aromatic heterocycles. The predicted octanol–water partition coefficient (Wildman–Crippen LogP) is 0.760. The molecule has 0 amide bonds. The van der Waals surface area contributed by atoms with Gasteiger partial charge in [0.05, 0.1) is 11.4 Å². The molecule has 2 N–H and O–H groups in total. The van der Waals surface area contributed by atoms with Gasteiger partial charge in [0.15, 0.2) is 0 Å². The Hall–Kier alpha value is -0.870. The Balaban J connectivity index is 2.60. The summed E-state index contributed by atoms with van der Waals surface area (Å²) >= 11 is 0. The van der Waals surface area contributed by atoms with Crippen LogP contribution in [0.1, 0.15) is 31.3 Å². The molecule has 0 saturated heterocycles. The molecule has 1 heterocycles. The lowest BCUT2D eigenvalue weighted by molar-refractivity contribution is 0.162. The van der Waals surface area contributed by atoms with Crippen molar-refractivity contribution in [3.05, 3.63) is 17.5 Å². The molecule has 14 heavy (non-hydrogen) atoms. The minimum Gasteiger partial charge on any atom is -0.385 e. The molecule has 0 spiro atoms. The third-order valence-electron chi connectivity index (χ3n) is 2.10. The molecule has 0 bridgehead atoms. The van der Waals surface area contributed by atoms with Gasteiger partial charge in [0, 0.05) is 19.6 Å². The number of aliphatic hydroxyl groups excluding tert-OH is 1. The molecule has 0 saturated carbocycles. The highest BCUT2D eigenvalue weighted by atomic mass is 16.3. The van der Waals surface area contributed by atoms with Gasteiger partial charge in [-0.3, -0.25) is 4.68 Å². The van der Waals surface area contributed by atoms with Gasteiger partial charge in [-0.05, 0) is 13.0 Å². The summed E-state index contributed by atoms with van der Waals surface area (Å²) < 4.78 is 1.72. The quantitative estimate of drug-likeness (QED) is 0.749. The van der Waals surface area contributed by atoms with E-state index in [1.165, 1.54) is 0 Å². The SMILES string of the molecule is Cc1cc(C(O)CNC(C)C)n(C)n1. The van der Waals surface area contributed by atoms with Crippen LogP contribution in [0.25, 0.3) is 0 Å². The first-order valence-corrected chi connectivity index (χ1v) is 4.92. The second-order valence-corrected chi connectivity index (χ2v) is 3.91. The van der Waals surface area contributed by atoms with Crippen LogP contribution in [0, 0.1) is 6.92 Å². The van der Waals surface area contributed by atoms with Crippen molar-refractivity contribution in [2.24, 2.45) is 7.05 Å². The van der Waals surface area contributed by atoms with Crippen molar-refractivity contribution in [2.75, 3.05) is 6.54 Å². The van der Waals surface area contributed by atoms with Gasteiger partial charge in [0.1, 0.15) is 6.10 Å². The van der Waals surface area contributed by atoms with Crippen molar-refractivity contribution >= 4 is 0 Å². The molecule has 80 valence electrons. The normalized spacial score (nSPS) is 13.6. The molecule has 1 aromatic rings. The third kappa shape index (κ3) is 2.82. The van der Waals surface area contributed by atoms with Crippen LogP contribution in [0.5, 0.6) is 0 Å². The summed E-state index contributed by atoms with van der Waals surface area (Å²) in [4.78, 5) is 0. The Kier molecular flexibility index (Phi) is 3.66. The predicted molar refractivity (Wildman–Crippen MR) is 56.0 cm³/mol. The van der Waals surface area contributed by atoms with Gasteiger partial charge in [-0.2, -0.15) is 5.10 Å². The summed E-state index contributed by atoms with van der Waals surface area (Å²) in [5.74, 6) is 0. The highest BCUT2D eigenvalue weighted by molar-refractivity contribution is 5.11. The maximum Gasteiger partial charge on any atom is 0.108 e. The lowest BCUT2D eigenvalue weighted by Gasteiger charge is -2.13. The third-order valence-corrected chi connectivity index (χ3v) is 2.10. The average molecular weight is 197 g/mol. The number of rotatable bonds is 4. The van der Waals surface area contributed by atoms with Crippen molar-refractivity contribution in [3.8, 4) is 0 Å². The molecule has 1 unspecified atom stereocenters. The Morgan fingerprint density at radius 1 is 1.57 bits per heavy atom. The molecule has 0 aliphatic carbocycles. The molecule has 0 aromatic carbocycles. The van der Waals surface area contributed by atoms with E-state index in [1.807, 2.05) is 20.0 Å². The first kappa shape index (κ1) is 11.2. The van der Waals surface area contributed by atoms with Crippen molar-refractivity contribution in [3.63, 3.8) is 0 Å². The van der Waals surface area contributed by atoms with E-state index in [0.29, 0.717) is 12.6 Å². The van der Waals surface area contributed by atoms with Crippen molar-refractivity contribution < 1.29 is 5.11 Å². The highest BCUT2D eigenvalue weighted by Gasteiger charge is 2.12. The first-order chi connectivity index (χ1) is 6.50. The topological polar surface area (TPSA) is 50.1 Å². The summed E-state index contributed by atoms with van der Waals surface area (Å²) in [6.07, 6.45) is -0.483. The second kappa shape index (κ2) is 4.57. The summed E-state index contributed by atoms with van der Waals surface area (Å²) in [5, 5.41) is 17.2. The number of aliphatic hydroxyl groups is 1. The molecule has 0 fully saturated rings. The van der Waals surface area contributed by atoms with Gasteiger partial charge in [-0.15, -0.1) is 0 Å². The summed E-state index contributed by atoms with van der Waals surface area (Å²) in [7, 11) is 1.85. The average Bonchev–Trinajstić information content (AvgIpc) is 2.41. The molecule has 1 rings (SSSR count). The van der Waals surface area contributed by atoms with E-state index in [0.717, 1.165) is 11.4 Å². The zero-order valence-corrected chi connectivity index (χ0v) is 9.28. The van der Waals surface area contributed by atoms with Gasteiger partial charge in [-0.25, -0.2) is 0 Å². The van der Waals surface area contributed by atoms with Crippen LogP contribution < -0.4 is 5.32 Å². The number of aromatic nitrogens is 2. The smallest absolute Gasteiger partial charge is 0.108 e. The minimum absolute atomic E-state index is 0.388. The number of aryl methyl sites for hydroxylation is 2. The van der Waals surface area contributed by atoms with E-state index < -0.39 is 6.10 Å². The van der Waals surface area contributed by atoms with E-state index >= 15 is 0 Å². The fourth-order valence-electron chi connectivity index (χ4n) is 1.39. The fourth-order valence-corrected chi connectivity index (χ4v) is 1.39. The van der Waals surface area contributed by atoms with Gasteiger partial charge in [0.2, 0.25) is 0 Å². The van der Waals surface area contributed by atoms with Crippen LogP contribution in [0.15, 0.2) is 6.07 Å². The van der Waals surface area contributed by atoms with Crippen LogP contribution >= 0.6 is 0 Å². The lowest BCUT2D eigenvalue weighted by atomic mass is 10.2. The highest BCUT2D eigenvalue weighted by Crippen LogP contribution is 2.12. The minimum atomic E-state index is -0.483. The Morgan fingerprint density at radius 3 is 2.64 bits per heavy atom. The lowest BCUT2D eigenvalue weighted by Crippen LogP contribution is -2.28. The standard InChI is InChI=1S/C10H19N3O/c1-7(2)11-6-10(14)9-5-8(3)12-13(9)4/h5,7,10-11,14H,6H2,1-4H3. The number of hydrogen-bond acceptors (Lipinski definition) is 3. The van der Waals surface area contributed by atoms with Gasteiger partial charge in [0.25, 0.3) is 0 Å². The molecule has 4 nitrogen and oxygen atoms in total. The molecule has 1 atom stereocenters. The monoisotopic (exact) mass is 197 g/mol. The Bertz CT molecular complexity index is 294. The largest absolute Gasteiger partial charge is 0.385 e. The summed E-state index contributed by atoms with van der Waals surface area (Å²) in [6, 6.07) is 2.30. The zero-order chi connectivity index (χ0) is 10.7. The fraction of sp³-hybridized carbons (Fsp3) is 0.700. The number of hydrogen-bond donors (Lipinski definition) is 2. The van der Waals surface area contributed by atoms with Crippen LogP contribution in [-0.4, -0.2) is 27.5 Å². The molecular weight excluding hydrogens is 178 g/mol. The Labute approximate surface area is 84.9 Å². The van der Waals surface area contributed by atoms with E-state index in [9.17, 15) is 5.11 Å². The van der Waals surface area contributed by atoms with Crippen molar-refractivity contribution in [2.45, 2.75) is 32.9 Å². The van der Waals surface area contributed by atoms with Crippen LogP contribution in [0.2, 0.25) is 0 Å². The maximum atomic E-state index is 9.84. The molecule has 0 radical (unpaired) electrons. The van der Waals surface area contributed by atoms with Gasteiger partial charge < -0.3 is 10.4 Å². The summed E-state index contributed by atoms with van der Waals surface area (Å²) in [5.41, 5.74) is 1.79. The van der Waals surface area contributed by atoms with Gasteiger partial charge in [-0.1, -0.05) is 13.8 Å². The van der Waals surface area contributed by atoms with E-state index in [2.05, 4.69) is 24.3 Å². The Morgan fingerprint density at radius 2 is 2.21 bits per heavy atom. The zero-order valence-electron chi connectivity index (χ0n) is 9.28. The maximum absolute atomic E-state index is 9.84. The first-order valence-electron chi connectivity index (χ1n) is 4.92. The van der Waals surface area contributed by atoms with E-state index in [-0.39, 0.29) is 0 Å².